The first-order valence-corrected chi connectivity index (χ1v) is 5.96. The van der Waals surface area contributed by atoms with Crippen molar-refractivity contribution in [3.8, 4) is 11.5 Å². The molecule has 0 spiro atoms. The van der Waals surface area contributed by atoms with Crippen molar-refractivity contribution in [3.05, 3.63) is 17.7 Å². The molecule has 7 nitrogen and oxygen atoms in total. The van der Waals surface area contributed by atoms with Gasteiger partial charge in [-0.1, -0.05) is 0 Å². The number of aliphatic hydroxyl groups is 1. The molecule has 0 aliphatic carbocycles. The van der Waals surface area contributed by atoms with E-state index in [0.717, 1.165) is 0 Å². The lowest BCUT2D eigenvalue weighted by molar-refractivity contribution is -0.169. The van der Waals surface area contributed by atoms with E-state index in [1.165, 1.54) is 26.4 Å². The summed E-state index contributed by atoms with van der Waals surface area (Å²) in [4.78, 5) is 23.9. The van der Waals surface area contributed by atoms with Gasteiger partial charge in [0.25, 0.3) is 11.5 Å². The van der Waals surface area contributed by atoms with Crippen LogP contribution in [0.15, 0.2) is 12.1 Å². The number of methoxy groups -OCH3 is 2. The van der Waals surface area contributed by atoms with Crippen molar-refractivity contribution in [2.45, 2.75) is 12.5 Å². The monoisotopic (exact) mass is 281 g/mol. The van der Waals surface area contributed by atoms with Crippen LogP contribution >= 0.6 is 0 Å². The summed E-state index contributed by atoms with van der Waals surface area (Å²) in [5, 5.41) is 12.9. The predicted molar refractivity (Wildman–Crippen MR) is 68.7 cm³/mol. The molecule has 1 amide bonds. The Hall–Kier alpha value is -2.28. The van der Waals surface area contributed by atoms with Crippen molar-refractivity contribution in [2.24, 2.45) is 0 Å². The number of anilines is 1. The molecule has 20 heavy (non-hydrogen) atoms. The summed E-state index contributed by atoms with van der Waals surface area (Å²) in [5.74, 6) is -1.33. The smallest absolute Gasteiger partial charge is 0.353 e. The van der Waals surface area contributed by atoms with Gasteiger partial charge in [-0.2, -0.15) is 0 Å². The average Bonchev–Trinajstić information content (AvgIpc) is 2.70. The number of nitrogens with one attached hydrogen (secondary N) is 1. The summed E-state index contributed by atoms with van der Waals surface area (Å²) < 4.78 is 15.0. The van der Waals surface area contributed by atoms with Gasteiger partial charge in [-0.15, -0.1) is 0 Å². The van der Waals surface area contributed by atoms with E-state index in [4.69, 9.17) is 14.2 Å². The lowest BCUT2D eigenvalue weighted by atomic mass is 9.94. The zero-order valence-electron chi connectivity index (χ0n) is 11.4. The molecule has 0 aromatic heterocycles. The predicted octanol–water partition coefficient (Wildman–Crippen LogP) is 0.407. The third-order valence-corrected chi connectivity index (χ3v) is 3.04. The molecule has 108 valence electrons. The van der Waals surface area contributed by atoms with Gasteiger partial charge in [0.15, 0.2) is 0 Å². The minimum absolute atomic E-state index is 0.0317. The van der Waals surface area contributed by atoms with Crippen LogP contribution in [0.5, 0.6) is 11.5 Å². The molecule has 0 unspecified atom stereocenters. The van der Waals surface area contributed by atoms with Crippen LogP contribution in [0.25, 0.3) is 0 Å². The van der Waals surface area contributed by atoms with Crippen LogP contribution < -0.4 is 14.8 Å². The molecule has 0 saturated heterocycles. The van der Waals surface area contributed by atoms with Gasteiger partial charge < -0.3 is 24.6 Å². The van der Waals surface area contributed by atoms with Crippen LogP contribution in [-0.4, -0.2) is 37.8 Å². The summed E-state index contributed by atoms with van der Waals surface area (Å²) in [6, 6.07) is 2.97. The topological polar surface area (TPSA) is 94.1 Å². The van der Waals surface area contributed by atoms with Crippen LogP contribution in [0.3, 0.4) is 0 Å². The third-order valence-electron chi connectivity index (χ3n) is 3.04. The molecule has 1 aromatic rings. The summed E-state index contributed by atoms with van der Waals surface area (Å²) in [5.41, 5.74) is -2.13. The first-order chi connectivity index (χ1) is 9.48. The number of benzene rings is 1. The molecule has 1 heterocycles. The molecular formula is C13H15NO6. The minimum atomic E-state index is -2.41. The molecule has 2 N–H and O–H groups in total. The lowest BCUT2D eigenvalue weighted by Crippen LogP contribution is -2.43. The van der Waals surface area contributed by atoms with E-state index in [2.05, 4.69) is 5.32 Å². The number of ether oxygens (including phenoxy) is 3. The van der Waals surface area contributed by atoms with E-state index >= 15 is 0 Å². The fraction of sp³-hybridized carbons (Fsp3) is 0.385. The van der Waals surface area contributed by atoms with E-state index in [0.29, 0.717) is 5.75 Å². The SMILES string of the molecule is CCOC(=O)[C@]1(O)C(=O)Nc2cc(OC)cc(OC)c21. The zero-order valence-corrected chi connectivity index (χ0v) is 11.4. The molecule has 1 aliphatic rings. The standard InChI is InChI=1S/C13H15NO6/c1-4-20-12(16)13(17)10-8(14-11(13)15)5-7(18-2)6-9(10)19-3/h5-6,17H,4H2,1-3H3,(H,14,15)/t13-/m1/s1. The number of fused-ring (bicyclic) bond motifs is 1. The Morgan fingerprint density at radius 1 is 1.35 bits per heavy atom. The maximum Gasteiger partial charge on any atom is 0.353 e. The quantitative estimate of drug-likeness (QED) is 0.613. The highest BCUT2D eigenvalue weighted by atomic mass is 16.6. The molecule has 1 atom stereocenters. The Kier molecular flexibility index (Phi) is 3.54. The molecule has 1 aliphatic heterocycles. The summed E-state index contributed by atoms with van der Waals surface area (Å²) in [6.07, 6.45) is 0. The second kappa shape index (κ2) is 5.01. The number of esters is 1. The van der Waals surface area contributed by atoms with Crippen LogP contribution in [0, 0.1) is 0 Å². The second-order valence-corrected chi connectivity index (χ2v) is 4.14. The van der Waals surface area contributed by atoms with Crippen LogP contribution in [-0.2, 0) is 19.9 Å². The Bertz CT molecular complexity index is 570. The fourth-order valence-electron chi connectivity index (χ4n) is 2.10. The number of hydrogen-bond donors (Lipinski definition) is 2. The Labute approximate surface area is 115 Å². The van der Waals surface area contributed by atoms with Gasteiger partial charge in [0.2, 0.25) is 0 Å². The molecule has 0 fully saturated rings. The van der Waals surface area contributed by atoms with Gasteiger partial charge >= 0.3 is 5.97 Å². The number of rotatable bonds is 4. The van der Waals surface area contributed by atoms with E-state index in [1.54, 1.807) is 6.92 Å². The first kappa shape index (κ1) is 14.1. The van der Waals surface area contributed by atoms with Crippen LogP contribution in [0.4, 0.5) is 5.69 Å². The lowest BCUT2D eigenvalue weighted by Gasteiger charge is -2.20. The maximum atomic E-state index is 12.0. The number of carbonyl (C=O) groups is 2. The number of hydrogen-bond acceptors (Lipinski definition) is 6. The van der Waals surface area contributed by atoms with E-state index < -0.39 is 17.5 Å². The molecule has 7 heteroatoms. The highest BCUT2D eigenvalue weighted by molar-refractivity contribution is 6.18. The van der Waals surface area contributed by atoms with Crippen LogP contribution in [0.1, 0.15) is 12.5 Å². The van der Waals surface area contributed by atoms with Gasteiger partial charge in [0.1, 0.15) is 11.5 Å². The van der Waals surface area contributed by atoms with Gasteiger partial charge in [-0.3, -0.25) is 4.79 Å². The van der Waals surface area contributed by atoms with Crippen molar-refractivity contribution in [1.29, 1.82) is 0 Å². The molecule has 2 rings (SSSR count). The van der Waals surface area contributed by atoms with E-state index in [9.17, 15) is 14.7 Å². The highest BCUT2D eigenvalue weighted by Crippen LogP contribution is 2.45. The Morgan fingerprint density at radius 3 is 2.60 bits per heavy atom. The van der Waals surface area contributed by atoms with Crippen molar-refractivity contribution in [2.75, 3.05) is 26.1 Å². The third kappa shape index (κ3) is 1.87. The Morgan fingerprint density at radius 2 is 2.05 bits per heavy atom. The van der Waals surface area contributed by atoms with Crippen LogP contribution in [0.2, 0.25) is 0 Å². The van der Waals surface area contributed by atoms with Gasteiger partial charge in [0.05, 0.1) is 32.1 Å². The van der Waals surface area contributed by atoms with E-state index in [-0.39, 0.29) is 23.6 Å². The summed E-state index contributed by atoms with van der Waals surface area (Å²) in [6.45, 7) is 1.63. The van der Waals surface area contributed by atoms with Crippen molar-refractivity contribution < 1.29 is 28.9 Å². The molecular weight excluding hydrogens is 266 g/mol. The molecule has 1 aromatic carbocycles. The second-order valence-electron chi connectivity index (χ2n) is 4.14. The Balaban J connectivity index is 2.62. The first-order valence-electron chi connectivity index (χ1n) is 5.96. The summed E-state index contributed by atoms with van der Waals surface area (Å²) >= 11 is 0. The maximum absolute atomic E-state index is 12.0. The van der Waals surface area contributed by atoms with Gasteiger partial charge in [0, 0.05) is 12.1 Å². The number of carbonyl (C=O) groups excluding carboxylic acids is 2. The highest BCUT2D eigenvalue weighted by Gasteiger charge is 2.55. The molecule has 0 radical (unpaired) electrons. The summed E-state index contributed by atoms with van der Waals surface area (Å²) in [7, 11) is 2.82. The van der Waals surface area contributed by atoms with Gasteiger partial charge in [-0.25, -0.2) is 4.79 Å². The molecule has 0 bridgehead atoms. The average molecular weight is 281 g/mol. The molecule has 0 saturated carbocycles. The zero-order chi connectivity index (χ0) is 14.9. The van der Waals surface area contributed by atoms with Crippen molar-refractivity contribution in [3.63, 3.8) is 0 Å². The largest absolute Gasteiger partial charge is 0.497 e. The van der Waals surface area contributed by atoms with Crippen molar-refractivity contribution in [1.82, 2.24) is 0 Å². The van der Waals surface area contributed by atoms with Gasteiger partial charge in [-0.05, 0) is 6.92 Å². The normalized spacial score (nSPS) is 20.1. The minimum Gasteiger partial charge on any atom is -0.497 e. The fourth-order valence-corrected chi connectivity index (χ4v) is 2.10. The van der Waals surface area contributed by atoms with E-state index in [1.807, 2.05) is 0 Å². The van der Waals surface area contributed by atoms with Crippen molar-refractivity contribution >= 4 is 17.6 Å². The number of amides is 1.